The Bertz CT molecular complexity index is 338. The summed E-state index contributed by atoms with van der Waals surface area (Å²) < 4.78 is 0. The number of hydrogen-bond donors (Lipinski definition) is 2. The van der Waals surface area contributed by atoms with E-state index in [0.29, 0.717) is 11.3 Å². The molecule has 0 bridgehead atoms. The minimum atomic E-state index is -0.648. The molecule has 0 rings (SSSR count). The monoisotopic (exact) mass is 344 g/mol. The molecule has 2 N–H and O–H groups in total. The van der Waals surface area contributed by atoms with Crippen LogP contribution < -0.4 is 0 Å². The summed E-state index contributed by atoms with van der Waals surface area (Å²) in [5.41, 5.74) is 0.221. The molecule has 0 aromatic heterocycles. The molecule has 0 saturated heterocycles. The first-order valence-corrected chi connectivity index (χ1v) is 9.76. The fourth-order valence-corrected chi connectivity index (χ4v) is 2.79. The molecule has 2 heteroatoms. The van der Waals surface area contributed by atoms with E-state index in [1.165, 1.54) is 0 Å². The third-order valence-corrected chi connectivity index (χ3v) is 7.77. The van der Waals surface area contributed by atoms with Crippen LogP contribution in [-0.2, 0) is 0 Å². The summed E-state index contributed by atoms with van der Waals surface area (Å²) in [7, 11) is 0. The number of aliphatic hydroxyl groups is 2. The SMILES string of the molecule is CC(C)C(C)(C)C(C)(C)C(O)CO.CC(C)C(C)C(C)(C)C(C)C. The van der Waals surface area contributed by atoms with Gasteiger partial charge in [0, 0.05) is 0 Å². The highest BCUT2D eigenvalue weighted by Gasteiger charge is 2.43. The van der Waals surface area contributed by atoms with Gasteiger partial charge in [-0.2, -0.15) is 0 Å². The number of rotatable bonds is 7. The average Bonchev–Trinajstić information content (AvgIpc) is 2.45. The maximum atomic E-state index is 9.72. The summed E-state index contributed by atoms with van der Waals surface area (Å²) in [6, 6.07) is 0. The molecule has 0 aliphatic heterocycles. The fraction of sp³-hybridized carbons (Fsp3) is 1.00. The van der Waals surface area contributed by atoms with Crippen molar-refractivity contribution in [3.8, 4) is 0 Å². The second-order valence-electron chi connectivity index (χ2n) is 10.3. The highest BCUT2D eigenvalue weighted by atomic mass is 16.3. The van der Waals surface area contributed by atoms with Gasteiger partial charge in [-0.05, 0) is 39.9 Å². The molecule has 0 aliphatic carbocycles. The first-order chi connectivity index (χ1) is 10.5. The maximum absolute atomic E-state index is 9.72. The third kappa shape index (κ3) is 6.33. The Hall–Kier alpha value is -0.0800. The topological polar surface area (TPSA) is 40.5 Å². The highest BCUT2D eigenvalue weighted by molar-refractivity contribution is 4.92. The molecule has 148 valence electrons. The van der Waals surface area contributed by atoms with Crippen LogP contribution >= 0.6 is 0 Å². The number of hydrogen-bond acceptors (Lipinski definition) is 2. The quantitative estimate of drug-likeness (QED) is 0.594. The molecule has 0 aromatic carbocycles. The molecule has 24 heavy (non-hydrogen) atoms. The largest absolute Gasteiger partial charge is 0.394 e. The van der Waals surface area contributed by atoms with Crippen LogP contribution in [0.1, 0.15) is 90.0 Å². The molecule has 0 saturated carbocycles. The van der Waals surface area contributed by atoms with Gasteiger partial charge in [-0.25, -0.2) is 0 Å². The average molecular weight is 345 g/mol. The molecular formula is C22H48O2. The molecule has 0 fully saturated rings. The van der Waals surface area contributed by atoms with Gasteiger partial charge in [0.2, 0.25) is 0 Å². The molecule has 0 spiro atoms. The molecule has 2 unspecified atom stereocenters. The summed E-state index contributed by atoms with van der Waals surface area (Å²) in [5, 5.41) is 18.7. The van der Waals surface area contributed by atoms with Crippen molar-refractivity contribution in [1.82, 2.24) is 0 Å². The Morgan fingerprint density at radius 1 is 0.667 bits per heavy atom. The van der Waals surface area contributed by atoms with Gasteiger partial charge in [-0.1, -0.05) is 90.0 Å². The zero-order valence-corrected chi connectivity index (χ0v) is 19.0. The summed E-state index contributed by atoms with van der Waals surface area (Å²) in [6.45, 7) is 28.8. The normalized spacial score (nSPS) is 16.2. The Morgan fingerprint density at radius 2 is 1.04 bits per heavy atom. The van der Waals surface area contributed by atoms with E-state index in [1.807, 2.05) is 13.8 Å². The van der Waals surface area contributed by atoms with Gasteiger partial charge in [-0.15, -0.1) is 0 Å². The van der Waals surface area contributed by atoms with Gasteiger partial charge in [0.1, 0.15) is 0 Å². The summed E-state index contributed by atoms with van der Waals surface area (Å²) >= 11 is 0. The highest BCUT2D eigenvalue weighted by Crippen LogP contribution is 2.46. The van der Waals surface area contributed by atoms with Crippen molar-refractivity contribution < 1.29 is 10.2 Å². The lowest BCUT2D eigenvalue weighted by atomic mass is 9.60. The standard InChI is InChI=1S/C11H24O2.C11H24/c1-8(2)10(3,4)11(5,6)9(13)7-12;1-8(2)10(5)11(6,7)9(3)4/h8-9,12-13H,7H2,1-6H3;8-10H,1-7H3. The number of aliphatic hydroxyl groups excluding tert-OH is 2. The van der Waals surface area contributed by atoms with Crippen LogP contribution in [0.3, 0.4) is 0 Å². The van der Waals surface area contributed by atoms with E-state index in [9.17, 15) is 5.11 Å². The van der Waals surface area contributed by atoms with Crippen LogP contribution in [0, 0.1) is 39.9 Å². The van der Waals surface area contributed by atoms with E-state index in [4.69, 9.17) is 5.11 Å². The van der Waals surface area contributed by atoms with Crippen molar-refractivity contribution in [1.29, 1.82) is 0 Å². The van der Waals surface area contributed by atoms with E-state index in [2.05, 4.69) is 76.2 Å². The van der Waals surface area contributed by atoms with Crippen LogP contribution in [0.25, 0.3) is 0 Å². The lowest BCUT2D eigenvalue weighted by Gasteiger charge is -2.47. The minimum Gasteiger partial charge on any atom is -0.394 e. The lowest BCUT2D eigenvalue weighted by molar-refractivity contribution is -0.0807. The van der Waals surface area contributed by atoms with Gasteiger partial charge in [0.15, 0.2) is 0 Å². The zero-order valence-electron chi connectivity index (χ0n) is 19.0. The summed E-state index contributed by atoms with van der Waals surface area (Å²) in [4.78, 5) is 0. The van der Waals surface area contributed by atoms with E-state index >= 15 is 0 Å². The molecule has 0 amide bonds. The molecule has 0 heterocycles. The second-order valence-corrected chi connectivity index (χ2v) is 10.3. The van der Waals surface area contributed by atoms with Gasteiger partial charge < -0.3 is 10.2 Å². The maximum Gasteiger partial charge on any atom is 0.0826 e. The Kier molecular flexibility index (Phi) is 10.4. The second kappa shape index (κ2) is 9.57. The summed E-state index contributed by atoms with van der Waals surface area (Å²) in [6.07, 6.45) is -0.648. The van der Waals surface area contributed by atoms with Crippen molar-refractivity contribution in [2.24, 2.45) is 39.9 Å². The molecule has 2 nitrogen and oxygen atoms in total. The van der Waals surface area contributed by atoms with Crippen LogP contribution in [0.2, 0.25) is 0 Å². The Balaban J connectivity index is 0. The van der Waals surface area contributed by atoms with Crippen molar-refractivity contribution >= 4 is 0 Å². The Labute approximate surface area is 153 Å². The van der Waals surface area contributed by atoms with Gasteiger partial charge in [-0.3, -0.25) is 0 Å². The fourth-order valence-electron chi connectivity index (χ4n) is 2.79. The molecule has 0 radical (unpaired) electrons. The van der Waals surface area contributed by atoms with Crippen molar-refractivity contribution in [2.45, 2.75) is 96.1 Å². The predicted molar refractivity (Wildman–Crippen MR) is 108 cm³/mol. The minimum absolute atomic E-state index is 0.00907. The van der Waals surface area contributed by atoms with Crippen molar-refractivity contribution in [3.63, 3.8) is 0 Å². The van der Waals surface area contributed by atoms with Crippen LogP contribution in [0.4, 0.5) is 0 Å². The van der Waals surface area contributed by atoms with E-state index in [1.54, 1.807) is 0 Å². The van der Waals surface area contributed by atoms with E-state index < -0.39 is 6.10 Å². The van der Waals surface area contributed by atoms with Crippen LogP contribution in [-0.4, -0.2) is 22.9 Å². The molecular weight excluding hydrogens is 296 g/mol. The van der Waals surface area contributed by atoms with Crippen molar-refractivity contribution in [3.05, 3.63) is 0 Å². The molecule has 0 aliphatic rings. The zero-order chi connectivity index (χ0) is 20.1. The molecule has 0 aromatic rings. The van der Waals surface area contributed by atoms with Gasteiger partial charge >= 0.3 is 0 Å². The first kappa shape index (κ1) is 26.2. The van der Waals surface area contributed by atoms with E-state index in [-0.39, 0.29) is 17.4 Å². The molecule has 2 atom stereocenters. The van der Waals surface area contributed by atoms with Crippen LogP contribution in [0.15, 0.2) is 0 Å². The third-order valence-electron chi connectivity index (χ3n) is 7.77. The van der Waals surface area contributed by atoms with Crippen molar-refractivity contribution in [2.75, 3.05) is 6.61 Å². The Morgan fingerprint density at radius 3 is 1.21 bits per heavy atom. The smallest absolute Gasteiger partial charge is 0.0826 e. The lowest BCUT2D eigenvalue weighted by Crippen LogP contribution is -2.47. The summed E-state index contributed by atoms with van der Waals surface area (Å²) in [5.74, 6) is 2.86. The van der Waals surface area contributed by atoms with Crippen LogP contribution in [0.5, 0.6) is 0 Å². The van der Waals surface area contributed by atoms with E-state index in [0.717, 1.165) is 17.8 Å². The predicted octanol–water partition coefficient (Wildman–Crippen LogP) is 6.01. The first-order valence-electron chi connectivity index (χ1n) is 9.76. The van der Waals surface area contributed by atoms with Gasteiger partial charge in [0.05, 0.1) is 12.7 Å². The van der Waals surface area contributed by atoms with Gasteiger partial charge in [0.25, 0.3) is 0 Å².